The van der Waals surface area contributed by atoms with Crippen molar-refractivity contribution in [2.45, 2.75) is 18.8 Å². The summed E-state index contributed by atoms with van der Waals surface area (Å²) < 4.78 is 7.46. The number of halogens is 1. The molecule has 0 aliphatic heterocycles. The highest BCUT2D eigenvalue weighted by Crippen LogP contribution is 2.39. The van der Waals surface area contributed by atoms with E-state index < -0.39 is 0 Å². The number of nitrogens with zero attached hydrogens (tertiary/aromatic N) is 5. The van der Waals surface area contributed by atoms with Gasteiger partial charge in [-0.3, -0.25) is 0 Å². The van der Waals surface area contributed by atoms with Crippen LogP contribution in [0.25, 0.3) is 5.69 Å². The summed E-state index contributed by atoms with van der Waals surface area (Å²) in [7, 11) is 0. The van der Waals surface area contributed by atoms with E-state index in [1.807, 2.05) is 30.5 Å². The van der Waals surface area contributed by atoms with Gasteiger partial charge in [0.1, 0.15) is 5.69 Å². The molecule has 1 saturated carbocycles. The van der Waals surface area contributed by atoms with Gasteiger partial charge in [0, 0.05) is 5.92 Å². The predicted molar refractivity (Wildman–Crippen MR) is 80.5 cm³/mol. The summed E-state index contributed by atoms with van der Waals surface area (Å²) in [6.07, 6.45) is 7.31. The second-order valence-electron chi connectivity index (χ2n) is 5.12. The van der Waals surface area contributed by atoms with Crippen LogP contribution < -0.4 is 4.74 Å². The molecule has 0 unspecified atom stereocenters. The topological polar surface area (TPSA) is 65.7 Å². The van der Waals surface area contributed by atoms with E-state index in [0.29, 0.717) is 16.7 Å². The van der Waals surface area contributed by atoms with E-state index in [2.05, 4.69) is 20.3 Å². The summed E-state index contributed by atoms with van der Waals surface area (Å²) in [6.45, 7) is 0. The van der Waals surface area contributed by atoms with Crippen LogP contribution in [0.2, 0.25) is 5.02 Å². The number of aromatic nitrogens is 5. The summed E-state index contributed by atoms with van der Waals surface area (Å²) in [5, 5.41) is 8.88. The molecule has 6 nitrogen and oxygen atoms in total. The second-order valence-corrected chi connectivity index (χ2v) is 5.55. The maximum absolute atomic E-state index is 5.78. The molecule has 1 aromatic carbocycles. The van der Waals surface area contributed by atoms with Crippen molar-refractivity contribution in [3.05, 3.63) is 53.6 Å². The fourth-order valence-corrected chi connectivity index (χ4v) is 2.24. The minimum absolute atomic E-state index is 0.236. The Morgan fingerprint density at radius 2 is 1.91 bits per heavy atom. The first-order valence-corrected chi connectivity index (χ1v) is 7.34. The zero-order valence-corrected chi connectivity index (χ0v) is 12.3. The second kappa shape index (κ2) is 5.38. The van der Waals surface area contributed by atoms with Crippen molar-refractivity contribution < 1.29 is 4.74 Å². The monoisotopic (exact) mass is 313 g/mol. The highest BCUT2D eigenvalue weighted by Gasteiger charge is 2.27. The van der Waals surface area contributed by atoms with E-state index >= 15 is 0 Å². The average molecular weight is 314 g/mol. The molecule has 1 aliphatic carbocycles. The lowest BCUT2D eigenvalue weighted by Crippen LogP contribution is -1.99. The van der Waals surface area contributed by atoms with Crippen LogP contribution in [0, 0.1) is 0 Å². The van der Waals surface area contributed by atoms with Crippen LogP contribution in [0.4, 0.5) is 0 Å². The predicted octanol–water partition coefficient (Wildman–Crippen LogP) is 3.38. The lowest BCUT2D eigenvalue weighted by Gasteiger charge is -2.08. The van der Waals surface area contributed by atoms with Gasteiger partial charge in [0.15, 0.2) is 5.75 Å². The standard InChI is InChI=1S/C15H12ClN5O/c16-11-7-17-15(18-8-11)22-14-4-2-1-3-13(14)21-9-12(19-20-21)10-5-6-10/h1-4,7-10H,5-6H2. The van der Waals surface area contributed by atoms with Crippen molar-refractivity contribution in [3.63, 3.8) is 0 Å². The third-order valence-corrected chi connectivity index (χ3v) is 3.61. The van der Waals surface area contributed by atoms with Crippen LogP contribution in [-0.4, -0.2) is 25.0 Å². The van der Waals surface area contributed by atoms with Crippen molar-refractivity contribution in [3.8, 4) is 17.4 Å². The lowest BCUT2D eigenvalue weighted by atomic mass is 10.3. The first kappa shape index (κ1) is 13.2. The van der Waals surface area contributed by atoms with Crippen molar-refractivity contribution >= 4 is 11.6 Å². The quantitative estimate of drug-likeness (QED) is 0.738. The Kier molecular flexibility index (Phi) is 3.23. The Bertz CT molecular complexity index is 798. The molecule has 0 N–H and O–H groups in total. The van der Waals surface area contributed by atoms with Gasteiger partial charge in [0.2, 0.25) is 0 Å². The summed E-state index contributed by atoms with van der Waals surface area (Å²) >= 11 is 5.78. The molecule has 0 atom stereocenters. The van der Waals surface area contributed by atoms with Crippen molar-refractivity contribution in [1.29, 1.82) is 0 Å². The Balaban J connectivity index is 1.66. The minimum Gasteiger partial charge on any atom is -0.422 e. The largest absolute Gasteiger partial charge is 0.422 e. The maximum atomic E-state index is 5.78. The highest BCUT2D eigenvalue weighted by molar-refractivity contribution is 6.30. The SMILES string of the molecule is Clc1cnc(Oc2ccccc2-n2cc(C3CC3)nn2)nc1. The van der Waals surface area contributed by atoms with Gasteiger partial charge in [-0.15, -0.1) is 5.10 Å². The molecule has 2 aromatic heterocycles. The fraction of sp³-hybridized carbons (Fsp3) is 0.200. The Morgan fingerprint density at radius 3 is 2.68 bits per heavy atom. The average Bonchev–Trinajstić information content (AvgIpc) is 3.28. The Morgan fingerprint density at radius 1 is 1.14 bits per heavy atom. The smallest absolute Gasteiger partial charge is 0.322 e. The van der Waals surface area contributed by atoms with Gasteiger partial charge in [-0.25, -0.2) is 14.6 Å². The summed E-state index contributed by atoms with van der Waals surface area (Å²) in [4.78, 5) is 8.08. The van der Waals surface area contributed by atoms with Gasteiger partial charge >= 0.3 is 6.01 Å². The molecular weight excluding hydrogens is 302 g/mol. The van der Waals surface area contributed by atoms with E-state index in [4.69, 9.17) is 16.3 Å². The third kappa shape index (κ3) is 2.65. The molecule has 0 amide bonds. The molecule has 0 saturated heterocycles. The lowest BCUT2D eigenvalue weighted by molar-refractivity contribution is 0.438. The third-order valence-electron chi connectivity index (χ3n) is 3.42. The van der Waals surface area contributed by atoms with Crippen LogP contribution in [0.15, 0.2) is 42.9 Å². The fourth-order valence-electron chi connectivity index (χ4n) is 2.14. The van der Waals surface area contributed by atoms with E-state index in [-0.39, 0.29) is 6.01 Å². The zero-order valence-electron chi connectivity index (χ0n) is 11.6. The maximum Gasteiger partial charge on any atom is 0.322 e. The molecule has 22 heavy (non-hydrogen) atoms. The number of rotatable bonds is 4. The van der Waals surface area contributed by atoms with E-state index in [9.17, 15) is 0 Å². The van der Waals surface area contributed by atoms with Crippen molar-refractivity contribution in [1.82, 2.24) is 25.0 Å². The molecule has 0 spiro atoms. The first-order chi connectivity index (χ1) is 10.8. The van der Waals surface area contributed by atoms with Crippen molar-refractivity contribution in [2.24, 2.45) is 0 Å². The molecule has 1 fully saturated rings. The molecule has 3 aromatic rings. The Labute approximate surface area is 131 Å². The molecule has 0 radical (unpaired) electrons. The molecule has 2 heterocycles. The van der Waals surface area contributed by atoms with Crippen LogP contribution in [0.1, 0.15) is 24.5 Å². The summed E-state index contributed by atoms with van der Waals surface area (Å²) in [5.74, 6) is 1.17. The van der Waals surface area contributed by atoms with Gasteiger partial charge in [-0.05, 0) is 25.0 Å². The van der Waals surface area contributed by atoms with Gasteiger partial charge in [0.05, 0.1) is 29.3 Å². The number of benzene rings is 1. The summed E-state index contributed by atoms with van der Waals surface area (Å²) in [5.41, 5.74) is 1.82. The highest BCUT2D eigenvalue weighted by atomic mass is 35.5. The van der Waals surface area contributed by atoms with Crippen molar-refractivity contribution in [2.75, 3.05) is 0 Å². The van der Waals surface area contributed by atoms with Gasteiger partial charge in [-0.2, -0.15) is 0 Å². The Hall–Kier alpha value is -2.47. The van der Waals surface area contributed by atoms with Crippen LogP contribution in [0.5, 0.6) is 11.8 Å². The molecule has 1 aliphatic rings. The van der Waals surface area contributed by atoms with Crippen LogP contribution in [0.3, 0.4) is 0 Å². The van der Waals surface area contributed by atoms with E-state index in [1.165, 1.54) is 25.2 Å². The molecule has 7 heteroatoms. The molecule has 0 bridgehead atoms. The van der Waals surface area contributed by atoms with E-state index in [1.54, 1.807) is 4.68 Å². The summed E-state index contributed by atoms with van der Waals surface area (Å²) in [6, 6.07) is 7.79. The number of hydrogen-bond donors (Lipinski definition) is 0. The number of ether oxygens (including phenoxy) is 1. The van der Waals surface area contributed by atoms with Gasteiger partial charge < -0.3 is 4.74 Å². The number of hydrogen-bond acceptors (Lipinski definition) is 5. The van der Waals surface area contributed by atoms with Gasteiger partial charge in [-0.1, -0.05) is 28.9 Å². The molecule has 4 rings (SSSR count). The van der Waals surface area contributed by atoms with Crippen LogP contribution in [-0.2, 0) is 0 Å². The van der Waals surface area contributed by atoms with Crippen LogP contribution >= 0.6 is 11.6 Å². The molecule has 110 valence electrons. The zero-order chi connectivity index (χ0) is 14.9. The normalized spacial score (nSPS) is 14.0. The molecular formula is C15H12ClN5O. The van der Waals surface area contributed by atoms with E-state index in [0.717, 1.165) is 11.4 Å². The first-order valence-electron chi connectivity index (χ1n) is 6.96. The minimum atomic E-state index is 0.236. The van der Waals surface area contributed by atoms with Gasteiger partial charge in [0.25, 0.3) is 0 Å². The number of para-hydroxylation sites is 2.